The fourth-order valence-corrected chi connectivity index (χ4v) is 2.44. The van der Waals surface area contributed by atoms with E-state index < -0.39 is 0 Å². The number of hydrogen-bond donors (Lipinski definition) is 1. The van der Waals surface area contributed by atoms with Crippen molar-refractivity contribution in [3.05, 3.63) is 11.6 Å². The zero-order valence-electron chi connectivity index (χ0n) is 6.95. The van der Waals surface area contributed by atoms with Gasteiger partial charge >= 0.3 is 0 Å². The molecule has 0 aromatic heterocycles. The van der Waals surface area contributed by atoms with Gasteiger partial charge in [-0.1, -0.05) is 25.6 Å². The molecule has 2 unspecified atom stereocenters. The third-order valence-electron chi connectivity index (χ3n) is 2.33. The van der Waals surface area contributed by atoms with E-state index in [0.717, 1.165) is 5.92 Å². The molecule has 11 heavy (non-hydrogen) atoms. The molecular formula is C8H14N2S. The van der Waals surface area contributed by atoms with E-state index in [1.54, 1.807) is 0 Å². The van der Waals surface area contributed by atoms with Crippen molar-refractivity contribution in [2.75, 3.05) is 6.54 Å². The van der Waals surface area contributed by atoms with E-state index >= 15 is 0 Å². The number of nitrogens with one attached hydrogen (secondary N) is 1. The largest absolute Gasteiger partial charge is 0.351 e. The molecule has 1 fully saturated rings. The van der Waals surface area contributed by atoms with Crippen LogP contribution in [-0.4, -0.2) is 23.0 Å². The molecule has 62 valence electrons. The van der Waals surface area contributed by atoms with Gasteiger partial charge in [-0.3, -0.25) is 5.32 Å². The van der Waals surface area contributed by atoms with Crippen LogP contribution in [0.5, 0.6) is 0 Å². The Labute approximate surface area is 72.0 Å². The molecule has 0 aromatic rings. The first-order valence-corrected chi connectivity index (χ1v) is 5.05. The lowest BCUT2D eigenvalue weighted by molar-refractivity contribution is 0.421. The summed E-state index contributed by atoms with van der Waals surface area (Å²) in [7, 11) is 0. The fourth-order valence-electron chi connectivity index (χ4n) is 1.50. The Kier molecular flexibility index (Phi) is 1.85. The summed E-state index contributed by atoms with van der Waals surface area (Å²) < 4.78 is 0. The van der Waals surface area contributed by atoms with Gasteiger partial charge in [0.25, 0.3) is 0 Å². The molecule has 1 N–H and O–H groups in total. The van der Waals surface area contributed by atoms with Crippen molar-refractivity contribution < 1.29 is 0 Å². The minimum atomic E-state index is 0.530. The average molecular weight is 170 g/mol. The molecule has 2 nitrogen and oxygen atoms in total. The first-order chi connectivity index (χ1) is 5.27. The summed E-state index contributed by atoms with van der Waals surface area (Å²) in [4.78, 5) is 2.37. The van der Waals surface area contributed by atoms with Gasteiger partial charge in [-0.15, -0.1) is 0 Å². The highest BCUT2D eigenvalue weighted by atomic mass is 32.2. The quantitative estimate of drug-likeness (QED) is 0.640. The fraction of sp³-hybridized carbons (Fsp3) is 0.750. The molecule has 2 atom stereocenters. The van der Waals surface area contributed by atoms with Crippen molar-refractivity contribution in [2.24, 2.45) is 5.92 Å². The zero-order chi connectivity index (χ0) is 7.84. The second-order valence-corrected chi connectivity index (χ2v) is 4.48. The van der Waals surface area contributed by atoms with Crippen LogP contribution in [0.2, 0.25) is 0 Å². The van der Waals surface area contributed by atoms with E-state index in [-0.39, 0.29) is 0 Å². The summed E-state index contributed by atoms with van der Waals surface area (Å²) in [5.41, 5.74) is 0.530. The van der Waals surface area contributed by atoms with Gasteiger partial charge in [0.2, 0.25) is 0 Å². The average Bonchev–Trinajstić information content (AvgIpc) is 2.40. The summed E-state index contributed by atoms with van der Waals surface area (Å²) in [6.07, 6.45) is 2.19. The molecule has 0 amide bonds. The topological polar surface area (TPSA) is 15.3 Å². The standard InChI is InChI=1S/C8H14N2S/c1-6(2)7-5-10-3-4-11-8(10)9-7/h3-4,6-9H,5H2,1-2H3. The van der Waals surface area contributed by atoms with Gasteiger partial charge in [0.15, 0.2) is 0 Å². The number of thioether (sulfide) groups is 1. The summed E-state index contributed by atoms with van der Waals surface area (Å²) in [6.45, 7) is 5.72. The monoisotopic (exact) mass is 170 g/mol. The van der Waals surface area contributed by atoms with Crippen LogP contribution in [0, 0.1) is 5.92 Å². The van der Waals surface area contributed by atoms with Gasteiger partial charge in [0, 0.05) is 18.8 Å². The van der Waals surface area contributed by atoms with Gasteiger partial charge < -0.3 is 4.90 Å². The van der Waals surface area contributed by atoms with Crippen molar-refractivity contribution in [3.8, 4) is 0 Å². The van der Waals surface area contributed by atoms with Crippen LogP contribution in [0.3, 0.4) is 0 Å². The molecular weight excluding hydrogens is 156 g/mol. The lowest BCUT2D eigenvalue weighted by atomic mass is 10.1. The molecule has 0 radical (unpaired) electrons. The van der Waals surface area contributed by atoms with Crippen molar-refractivity contribution in [1.82, 2.24) is 10.2 Å². The van der Waals surface area contributed by atoms with Crippen LogP contribution in [0.1, 0.15) is 13.8 Å². The maximum atomic E-state index is 3.58. The molecule has 2 heterocycles. The van der Waals surface area contributed by atoms with Crippen molar-refractivity contribution in [3.63, 3.8) is 0 Å². The maximum absolute atomic E-state index is 3.58. The van der Waals surface area contributed by atoms with E-state index in [4.69, 9.17) is 0 Å². The highest BCUT2D eigenvalue weighted by molar-refractivity contribution is 8.02. The van der Waals surface area contributed by atoms with Crippen LogP contribution in [0.4, 0.5) is 0 Å². The normalized spacial score (nSPS) is 35.4. The molecule has 0 aliphatic carbocycles. The predicted octanol–water partition coefficient (Wildman–Crippen LogP) is 1.42. The Morgan fingerprint density at radius 2 is 2.45 bits per heavy atom. The third-order valence-corrected chi connectivity index (χ3v) is 3.27. The van der Waals surface area contributed by atoms with Gasteiger partial charge in [-0.25, -0.2) is 0 Å². The first-order valence-electron chi connectivity index (χ1n) is 4.11. The predicted molar refractivity (Wildman–Crippen MR) is 49.0 cm³/mol. The molecule has 2 aliphatic heterocycles. The molecule has 0 spiro atoms. The minimum absolute atomic E-state index is 0.530. The molecule has 0 bridgehead atoms. The van der Waals surface area contributed by atoms with Gasteiger partial charge in [0.1, 0.15) is 5.50 Å². The van der Waals surface area contributed by atoms with E-state index in [2.05, 4.69) is 35.7 Å². The minimum Gasteiger partial charge on any atom is -0.351 e. The highest BCUT2D eigenvalue weighted by Crippen LogP contribution is 2.29. The van der Waals surface area contributed by atoms with Crippen LogP contribution < -0.4 is 5.32 Å². The van der Waals surface area contributed by atoms with E-state index in [1.165, 1.54) is 6.54 Å². The molecule has 0 saturated carbocycles. The second-order valence-electron chi connectivity index (χ2n) is 3.49. The Bertz CT molecular complexity index is 179. The van der Waals surface area contributed by atoms with Crippen molar-refractivity contribution in [2.45, 2.75) is 25.4 Å². The first kappa shape index (κ1) is 7.50. The van der Waals surface area contributed by atoms with Crippen molar-refractivity contribution >= 4 is 11.8 Å². The summed E-state index contributed by atoms with van der Waals surface area (Å²) >= 11 is 1.87. The van der Waals surface area contributed by atoms with E-state index in [9.17, 15) is 0 Å². The van der Waals surface area contributed by atoms with Gasteiger partial charge in [-0.05, 0) is 11.3 Å². The van der Waals surface area contributed by atoms with Gasteiger partial charge in [-0.2, -0.15) is 0 Å². The van der Waals surface area contributed by atoms with Gasteiger partial charge in [0.05, 0.1) is 0 Å². The Balaban J connectivity index is 1.99. The molecule has 0 aromatic carbocycles. The third kappa shape index (κ3) is 1.27. The summed E-state index contributed by atoms with van der Waals surface area (Å²) in [6, 6.07) is 0.678. The number of fused-ring (bicyclic) bond motifs is 1. The second kappa shape index (κ2) is 2.72. The van der Waals surface area contributed by atoms with E-state index in [0.29, 0.717) is 11.5 Å². The van der Waals surface area contributed by atoms with Crippen LogP contribution in [0.25, 0.3) is 0 Å². The number of nitrogens with zero attached hydrogens (tertiary/aromatic N) is 1. The Hall–Kier alpha value is -0.150. The van der Waals surface area contributed by atoms with Crippen molar-refractivity contribution in [1.29, 1.82) is 0 Å². The zero-order valence-corrected chi connectivity index (χ0v) is 7.77. The van der Waals surface area contributed by atoms with Crippen LogP contribution in [-0.2, 0) is 0 Å². The summed E-state index contributed by atoms with van der Waals surface area (Å²) in [5, 5.41) is 5.74. The van der Waals surface area contributed by atoms with Crippen LogP contribution >= 0.6 is 11.8 Å². The number of hydrogen-bond acceptors (Lipinski definition) is 3. The SMILES string of the molecule is CC(C)C1CN2C=CSC2N1. The highest BCUT2D eigenvalue weighted by Gasteiger charge is 2.32. The lowest BCUT2D eigenvalue weighted by Crippen LogP contribution is -2.32. The summed E-state index contributed by atoms with van der Waals surface area (Å²) in [5.74, 6) is 0.745. The molecule has 1 saturated heterocycles. The Morgan fingerprint density at radius 1 is 1.64 bits per heavy atom. The smallest absolute Gasteiger partial charge is 0.132 e. The van der Waals surface area contributed by atoms with Crippen LogP contribution in [0.15, 0.2) is 11.6 Å². The van der Waals surface area contributed by atoms with E-state index in [1.807, 2.05) is 11.8 Å². The maximum Gasteiger partial charge on any atom is 0.132 e. The molecule has 3 heteroatoms. The molecule has 2 aliphatic rings. The lowest BCUT2D eigenvalue weighted by Gasteiger charge is -2.13. The molecule has 2 rings (SSSR count). The Morgan fingerprint density at radius 3 is 3.09 bits per heavy atom. The number of rotatable bonds is 1.